The van der Waals surface area contributed by atoms with Crippen LogP contribution in [0.25, 0.3) is 0 Å². The van der Waals surface area contributed by atoms with E-state index in [9.17, 15) is 4.79 Å². The summed E-state index contributed by atoms with van der Waals surface area (Å²) in [5.74, 6) is 7.67. The first-order valence-electron chi connectivity index (χ1n) is 22.5. The third kappa shape index (κ3) is 10.4. The lowest BCUT2D eigenvalue weighted by atomic mass is 9.47. The molecule has 8 unspecified atom stereocenters. The maximum atomic E-state index is 12.9. The van der Waals surface area contributed by atoms with Crippen molar-refractivity contribution in [3.63, 3.8) is 0 Å². The Morgan fingerprint density at radius 3 is 2.31 bits per heavy atom. The van der Waals surface area contributed by atoms with E-state index >= 15 is 0 Å². The van der Waals surface area contributed by atoms with Crippen LogP contribution >= 0.6 is 0 Å². The van der Waals surface area contributed by atoms with E-state index in [1.165, 1.54) is 133 Å². The molecule has 4 aliphatic carbocycles. The van der Waals surface area contributed by atoms with Crippen LogP contribution in [0, 0.1) is 53.3 Å². The lowest BCUT2D eigenvalue weighted by molar-refractivity contribution is -0.151. The average molecular weight is 705 g/mol. The quantitative estimate of drug-likeness (QED) is 0.0726. The zero-order valence-electron chi connectivity index (χ0n) is 34.6. The van der Waals surface area contributed by atoms with Crippen molar-refractivity contribution < 1.29 is 13.9 Å². The normalized spacial score (nSPS) is 30.8. The minimum absolute atomic E-state index is 0.0487. The zero-order chi connectivity index (χ0) is 36.4. The Kier molecular flexibility index (Phi) is 15.3. The summed E-state index contributed by atoms with van der Waals surface area (Å²) in [4.78, 5) is 12.9. The summed E-state index contributed by atoms with van der Waals surface area (Å²) in [5, 5.41) is 0. The minimum atomic E-state index is 0.0487. The summed E-state index contributed by atoms with van der Waals surface area (Å²) >= 11 is 0. The van der Waals surface area contributed by atoms with Gasteiger partial charge in [-0.1, -0.05) is 124 Å². The standard InChI is InChI=1S/C48H80O3/c1-8-9-16-22-39-33-37(5)45(50-39)23-17-14-12-10-11-13-15-18-24-46(49)51-40-29-31-47(6)38(34-40)25-26-41-43-28-27-42(36(4)21-19-20-35(2)3)48(43,7)32-30-44(41)47/h25,33,35-36,40-44H,8-24,26-32,34H2,1-7H3. The van der Waals surface area contributed by atoms with Gasteiger partial charge in [0.15, 0.2) is 0 Å². The molecule has 3 nitrogen and oxygen atoms in total. The van der Waals surface area contributed by atoms with Crippen LogP contribution in [0.1, 0.15) is 206 Å². The summed E-state index contributed by atoms with van der Waals surface area (Å²) in [7, 11) is 0. The summed E-state index contributed by atoms with van der Waals surface area (Å²) in [5.41, 5.74) is 3.85. The molecule has 1 aromatic heterocycles. The number of esters is 1. The molecule has 5 rings (SSSR count). The minimum Gasteiger partial charge on any atom is -0.466 e. The predicted molar refractivity (Wildman–Crippen MR) is 215 cm³/mol. The summed E-state index contributed by atoms with van der Waals surface area (Å²) in [6.45, 7) is 17.1. The van der Waals surface area contributed by atoms with Crippen LogP contribution < -0.4 is 0 Å². The molecule has 0 amide bonds. The summed E-state index contributed by atoms with van der Waals surface area (Å²) < 4.78 is 12.3. The molecule has 3 fully saturated rings. The fourth-order valence-corrected chi connectivity index (χ4v) is 12.1. The highest BCUT2D eigenvalue weighted by atomic mass is 16.5. The summed E-state index contributed by atoms with van der Waals surface area (Å²) in [6.07, 6.45) is 33.6. The smallest absolute Gasteiger partial charge is 0.306 e. The van der Waals surface area contributed by atoms with Gasteiger partial charge in [-0.3, -0.25) is 4.79 Å². The number of allylic oxidation sites excluding steroid dienone is 1. The van der Waals surface area contributed by atoms with Gasteiger partial charge in [0, 0.05) is 25.7 Å². The van der Waals surface area contributed by atoms with E-state index in [0.717, 1.165) is 74.0 Å². The number of carbonyl (C=O) groups excluding carboxylic acids is 1. The molecule has 3 saturated carbocycles. The second kappa shape index (κ2) is 19.2. The van der Waals surface area contributed by atoms with Gasteiger partial charge in [0.2, 0.25) is 0 Å². The molecule has 1 aromatic rings. The van der Waals surface area contributed by atoms with Crippen LogP contribution in [-0.2, 0) is 22.4 Å². The highest BCUT2D eigenvalue weighted by Crippen LogP contribution is 2.67. The molecule has 3 heteroatoms. The van der Waals surface area contributed by atoms with Gasteiger partial charge in [-0.05, 0) is 129 Å². The largest absolute Gasteiger partial charge is 0.466 e. The number of hydrogen-bond donors (Lipinski definition) is 0. The van der Waals surface area contributed by atoms with E-state index in [2.05, 4.69) is 60.6 Å². The van der Waals surface area contributed by atoms with Crippen LogP contribution in [0.15, 0.2) is 22.1 Å². The van der Waals surface area contributed by atoms with Crippen molar-refractivity contribution in [3.8, 4) is 0 Å². The van der Waals surface area contributed by atoms with E-state index in [-0.39, 0.29) is 12.1 Å². The van der Waals surface area contributed by atoms with Gasteiger partial charge in [-0.15, -0.1) is 0 Å². The Hall–Kier alpha value is -1.51. The lowest BCUT2D eigenvalue weighted by Gasteiger charge is -2.58. The number of furan rings is 1. The third-order valence-electron chi connectivity index (χ3n) is 15.2. The average Bonchev–Trinajstić information content (AvgIpc) is 3.64. The molecular formula is C48H80O3. The number of fused-ring (bicyclic) bond motifs is 5. The molecule has 0 bridgehead atoms. The first-order chi connectivity index (χ1) is 24.5. The van der Waals surface area contributed by atoms with E-state index in [4.69, 9.17) is 9.15 Å². The van der Waals surface area contributed by atoms with Gasteiger partial charge < -0.3 is 9.15 Å². The fourth-order valence-electron chi connectivity index (χ4n) is 12.1. The summed E-state index contributed by atoms with van der Waals surface area (Å²) in [6, 6.07) is 2.26. The molecule has 0 N–H and O–H groups in total. The Labute approximate surface area is 315 Å². The SMILES string of the molecule is CCCCCc1cc(C)c(CCCCCCCCCCC(=O)OC2CCC3(C)C(=CCC4C3CCC3(C)C(C(C)CCCC(C)C)CCC43)C2)o1. The van der Waals surface area contributed by atoms with Crippen LogP contribution in [0.4, 0.5) is 0 Å². The predicted octanol–water partition coefficient (Wildman–Crippen LogP) is 14.3. The first kappa shape index (κ1) is 40.7. The number of ether oxygens (including phenoxy) is 1. The first-order valence-corrected chi connectivity index (χ1v) is 22.5. The number of unbranched alkanes of at least 4 members (excludes halogenated alkanes) is 9. The van der Waals surface area contributed by atoms with Gasteiger partial charge in [0.25, 0.3) is 0 Å². The Balaban J connectivity index is 0.952. The van der Waals surface area contributed by atoms with Crippen LogP contribution in [0.3, 0.4) is 0 Å². The second-order valence-electron chi connectivity index (χ2n) is 19.2. The number of rotatable bonds is 21. The van der Waals surface area contributed by atoms with Crippen molar-refractivity contribution in [2.24, 2.45) is 46.3 Å². The number of carbonyl (C=O) groups is 1. The van der Waals surface area contributed by atoms with Gasteiger partial charge in [-0.2, -0.15) is 0 Å². The van der Waals surface area contributed by atoms with E-state index in [1.807, 2.05) is 0 Å². The van der Waals surface area contributed by atoms with Crippen molar-refractivity contribution in [3.05, 3.63) is 34.8 Å². The molecule has 4 aliphatic rings. The van der Waals surface area contributed by atoms with Gasteiger partial charge >= 0.3 is 5.97 Å². The van der Waals surface area contributed by atoms with Gasteiger partial charge in [0.05, 0.1) is 0 Å². The molecule has 0 spiro atoms. The molecular weight excluding hydrogens is 625 g/mol. The van der Waals surface area contributed by atoms with Crippen LogP contribution in [0.2, 0.25) is 0 Å². The van der Waals surface area contributed by atoms with Gasteiger partial charge in [-0.25, -0.2) is 0 Å². The third-order valence-corrected chi connectivity index (χ3v) is 15.2. The van der Waals surface area contributed by atoms with Crippen molar-refractivity contribution >= 4 is 5.97 Å². The van der Waals surface area contributed by atoms with Crippen LogP contribution in [-0.4, -0.2) is 12.1 Å². The fraction of sp³-hybridized carbons (Fsp3) is 0.854. The molecule has 0 saturated heterocycles. The van der Waals surface area contributed by atoms with E-state index < -0.39 is 0 Å². The maximum Gasteiger partial charge on any atom is 0.306 e. The van der Waals surface area contributed by atoms with E-state index in [0.29, 0.717) is 17.3 Å². The molecule has 290 valence electrons. The Morgan fingerprint density at radius 2 is 1.57 bits per heavy atom. The molecule has 0 aromatic carbocycles. The molecule has 0 radical (unpaired) electrons. The molecule has 0 aliphatic heterocycles. The van der Waals surface area contributed by atoms with Crippen LogP contribution in [0.5, 0.6) is 0 Å². The topological polar surface area (TPSA) is 39.4 Å². The van der Waals surface area contributed by atoms with Crippen molar-refractivity contribution in [1.82, 2.24) is 0 Å². The highest BCUT2D eigenvalue weighted by molar-refractivity contribution is 5.69. The van der Waals surface area contributed by atoms with Crippen molar-refractivity contribution in [2.75, 3.05) is 0 Å². The Morgan fingerprint density at radius 1 is 0.843 bits per heavy atom. The molecule has 8 atom stereocenters. The highest BCUT2D eigenvalue weighted by Gasteiger charge is 2.59. The Bertz CT molecular complexity index is 1240. The van der Waals surface area contributed by atoms with Gasteiger partial charge in [0.1, 0.15) is 17.6 Å². The monoisotopic (exact) mass is 705 g/mol. The molecule has 1 heterocycles. The van der Waals surface area contributed by atoms with E-state index in [1.54, 1.807) is 5.57 Å². The number of aryl methyl sites for hydroxylation is 3. The van der Waals surface area contributed by atoms with Crippen molar-refractivity contribution in [2.45, 2.75) is 215 Å². The molecule has 51 heavy (non-hydrogen) atoms. The van der Waals surface area contributed by atoms with Crippen molar-refractivity contribution in [1.29, 1.82) is 0 Å². The lowest BCUT2D eigenvalue weighted by Crippen LogP contribution is -2.51. The zero-order valence-corrected chi connectivity index (χ0v) is 34.6. The number of hydrogen-bond acceptors (Lipinski definition) is 3. The maximum absolute atomic E-state index is 12.9. The second-order valence-corrected chi connectivity index (χ2v) is 19.2.